The first kappa shape index (κ1) is 17.4. The molecular formula is C16H14F3N3O2S. The van der Waals surface area contributed by atoms with Crippen LogP contribution < -0.4 is 5.32 Å². The van der Waals surface area contributed by atoms with Crippen molar-refractivity contribution >= 4 is 29.0 Å². The molecule has 2 amide bonds. The molecule has 0 radical (unpaired) electrons. The highest BCUT2D eigenvalue weighted by Gasteiger charge is 2.34. The van der Waals surface area contributed by atoms with Crippen molar-refractivity contribution in [2.75, 3.05) is 11.9 Å². The molecule has 1 fully saturated rings. The van der Waals surface area contributed by atoms with Crippen LogP contribution in [0.25, 0.3) is 0 Å². The normalized spacial score (nSPS) is 17.6. The minimum absolute atomic E-state index is 0.0989. The van der Waals surface area contributed by atoms with Gasteiger partial charge >= 0.3 is 18.0 Å². The SMILES string of the molecule is O=C(Nc1ccc(C(F)(F)F)cn1)C(=O)N1CCC[C@@H]1c1cccs1. The lowest BCUT2D eigenvalue weighted by Crippen LogP contribution is -2.39. The Morgan fingerprint density at radius 1 is 1.28 bits per heavy atom. The van der Waals surface area contributed by atoms with Gasteiger partial charge in [0.05, 0.1) is 11.6 Å². The number of pyridine rings is 1. The minimum Gasteiger partial charge on any atom is -0.327 e. The molecule has 1 aliphatic rings. The Balaban J connectivity index is 1.67. The Bertz CT molecular complexity index is 760. The zero-order valence-corrected chi connectivity index (χ0v) is 13.7. The van der Waals surface area contributed by atoms with E-state index in [9.17, 15) is 22.8 Å². The van der Waals surface area contributed by atoms with Gasteiger partial charge in [0.25, 0.3) is 0 Å². The Kier molecular flexibility index (Phi) is 4.76. The highest BCUT2D eigenvalue weighted by Crippen LogP contribution is 2.34. The molecule has 0 aliphatic carbocycles. The van der Waals surface area contributed by atoms with Crippen LogP contribution in [0.15, 0.2) is 35.8 Å². The number of hydrogen-bond donors (Lipinski definition) is 1. The lowest BCUT2D eigenvalue weighted by atomic mass is 10.2. The summed E-state index contributed by atoms with van der Waals surface area (Å²) >= 11 is 1.52. The van der Waals surface area contributed by atoms with Crippen molar-refractivity contribution in [2.24, 2.45) is 0 Å². The summed E-state index contributed by atoms with van der Waals surface area (Å²) in [5, 5.41) is 4.16. The number of anilines is 1. The van der Waals surface area contributed by atoms with Crippen molar-refractivity contribution in [3.05, 3.63) is 46.3 Å². The van der Waals surface area contributed by atoms with Crippen LogP contribution in [0, 0.1) is 0 Å². The molecular weight excluding hydrogens is 355 g/mol. The molecule has 1 N–H and O–H groups in total. The van der Waals surface area contributed by atoms with Crippen molar-refractivity contribution in [1.29, 1.82) is 0 Å². The summed E-state index contributed by atoms with van der Waals surface area (Å²) in [6.45, 7) is 0.468. The molecule has 1 atom stereocenters. The number of amides is 2. The lowest BCUT2D eigenvalue weighted by molar-refractivity contribution is -0.143. The van der Waals surface area contributed by atoms with E-state index in [2.05, 4.69) is 10.3 Å². The summed E-state index contributed by atoms with van der Waals surface area (Å²) in [6, 6.07) is 5.48. The number of alkyl halides is 3. The second kappa shape index (κ2) is 6.83. The number of thiophene rings is 1. The molecule has 1 saturated heterocycles. The average Bonchev–Trinajstić information content (AvgIpc) is 3.24. The first-order valence-corrected chi connectivity index (χ1v) is 8.43. The third-order valence-electron chi connectivity index (χ3n) is 3.91. The maximum atomic E-state index is 12.5. The molecule has 0 saturated carbocycles. The fourth-order valence-electron chi connectivity index (χ4n) is 2.72. The van der Waals surface area contributed by atoms with Gasteiger partial charge in [-0.05, 0) is 36.4 Å². The summed E-state index contributed by atoms with van der Waals surface area (Å²) in [5.74, 6) is -1.72. The van der Waals surface area contributed by atoms with Gasteiger partial charge in [0, 0.05) is 17.6 Å². The van der Waals surface area contributed by atoms with Crippen LogP contribution >= 0.6 is 11.3 Å². The van der Waals surface area contributed by atoms with E-state index in [0.717, 1.165) is 29.9 Å². The first-order valence-electron chi connectivity index (χ1n) is 7.55. The maximum Gasteiger partial charge on any atom is 0.417 e. The van der Waals surface area contributed by atoms with Crippen molar-refractivity contribution in [3.8, 4) is 0 Å². The molecule has 5 nitrogen and oxygen atoms in total. The Labute approximate surface area is 145 Å². The summed E-state index contributed by atoms with van der Waals surface area (Å²) in [4.78, 5) is 30.6. The van der Waals surface area contributed by atoms with E-state index in [1.54, 1.807) is 0 Å². The van der Waals surface area contributed by atoms with E-state index in [0.29, 0.717) is 12.7 Å². The Hall–Kier alpha value is -2.42. The van der Waals surface area contributed by atoms with Crippen LogP contribution in [0.4, 0.5) is 19.0 Å². The third-order valence-corrected chi connectivity index (χ3v) is 4.89. The largest absolute Gasteiger partial charge is 0.417 e. The van der Waals surface area contributed by atoms with Crippen LogP contribution in [0.1, 0.15) is 29.3 Å². The summed E-state index contributed by atoms with van der Waals surface area (Å²) in [5.41, 5.74) is -0.922. The van der Waals surface area contributed by atoms with E-state index >= 15 is 0 Å². The number of halogens is 3. The van der Waals surface area contributed by atoms with Gasteiger partial charge in [0.2, 0.25) is 0 Å². The van der Waals surface area contributed by atoms with Gasteiger partial charge in [0.1, 0.15) is 5.82 Å². The van der Waals surface area contributed by atoms with Crippen LogP contribution in [0.3, 0.4) is 0 Å². The Morgan fingerprint density at radius 2 is 2.08 bits per heavy atom. The first-order chi connectivity index (χ1) is 11.9. The van der Waals surface area contributed by atoms with E-state index in [1.165, 1.54) is 16.2 Å². The summed E-state index contributed by atoms with van der Waals surface area (Å²) < 4.78 is 37.5. The minimum atomic E-state index is -4.51. The number of rotatable bonds is 2. The molecule has 1 aliphatic heterocycles. The highest BCUT2D eigenvalue weighted by molar-refractivity contribution is 7.10. The number of hydrogen-bond acceptors (Lipinski definition) is 4. The van der Waals surface area contributed by atoms with Crippen molar-refractivity contribution in [1.82, 2.24) is 9.88 Å². The average molecular weight is 369 g/mol. The molecule has 3 rings (SSSR count). The maximum absolute atomic E-state index is 12.5. The smallest absolute Gasteiger partial charge is 0.327 e. The van der Waals surface area contributed by atoms with Gasteiger partial charge in [0.15, 0.2) is 0 Å². The predicted octanol–water partition coefficient (Wildman–Crippen LogP) is 3.46. The fraction of sp³-hybridized carbons (Fsp3) is 0.312. The summed E-state index contributed by atoms with van der Waals surface area (Å²) in [7, 11) is 0. The van der Waals surface area contributed by atoms with E-state index < -0.39 is 23.6 Å². The molecule has 2 aromatic rings. The van der Waals surface area contributed by atoms with Gasteiger partial charge in [-0.15, -0.1) is 11.3 Å². The molecule has 3 heterocycles. The van der Waals surface area contributed by atoms with E-state index in [-0.39, 0.29) is 11.9 Å². The second-order valence-electron chi connectivity index (χ2n) is 5.56. The topological polar surface area (TPSA) is 62.3 Å². The van der Waals surface area contributed by atoms with Crippen molar-refractivity contribution in [3.63, 3.8) is 0 Å². The number of likely N-dealkylation sites (tertiary alicyclic amines) is 1. The standard InChI is InChI=1S/C16H14F3N3O2S/c17-16(18,19)10-5-6-13(20-9-10)21-14(23)15(24)22-7-1-3-11(22)12-4-2-8-25-12/h2,4-6,8-9,11H,1,3,7H2,(H,20,21,23)/t11-/m1/s1. The predicted molar refractivity (Wildman–Crippen MR) is 85.9 cm³/mol. The number of carbonyl (C=O) groups is 2. The molecule has 132 valence electrons. The lowest BCUT2D eigenvalue weighted by Gasteiger charge is -2.23. The van der Waals surface area contributed by atoms with Crippen molar-refractivity contribution in [2.45, 2.75) is 25.1 Å². The number of carbonyl (C=O) groups excluding carboxylic acids is 2. The molecule has 0 bridgehead atoms. The van der Waals surface area contributed by atoms with Crippen LogP contribution in [0.5, 0.6) is 0 Å². The van der Waals surface area contributed by atoms with E-state index in [4.69, 9.17) is 0 Å². The zero-order valence-electron chi connectivity index (χ0n) is 12.9. The number of nitrogens with one attached hydrogen (secondary N) is 1. The van der Waals surface area contributed by atoms with Crippen LogP contribution in [-0.4, -0.2) is 28.2 Å². The zero-order chi connectivity index (χ0) is 18.0. The van der Waals surface area contributed by atoms with Gasteiger partial charge in [-0.25, -0.2) is 4.98 Å². The Morgan fingerprint density at radius 3 is 2.68 bits per heavy atom. The summed E-state index contributed by atoms with van der Waals surface area (Å²) in [6.07, 6.45) is -2.32. The third kappa shape index (κ3) is 3.81. The molecule has 0 aromatic carbocycles. The molecule has 9 heteroatoms. The van der Waals surface area contributed by atoms with Gasteiger partial charge in [-0.1, -0.05) is 6.07 Å². The number of aromatic nitrogens is 1. The van der Waals surface area contributed by atoms with Crippen LogP contribution in [-0.2, 0) is 15.8 Å². The second-order valence-corrected chi connectivity index (χ2v) is 6.54. The molecule has 0 spiro atoms. The van der Waals surface area contributed by atoms with Crippen LogP contribution in [0.2, 0.25) is 0 Å². The van der Waals surface area contributed by atoms with Crippen molar-refractivity contribution < 1.29 is 22.8 Å². The fourth-order valence-corrected chi connectivity index (χ4v) is 3.60. The molecule has 0 unspecified atom stereocenters. The van der Waals surface area contributed by atoms with E-state index in [1.807, 2.05) is 17.5 Å². The highest BCUT2D eigenvalue weighted by atomic mass is 32.1. The van der Waals surface area contributed by atoms with Gasteiger partial charge in [-0.2, -0.15) is 13.2 Å². The molecule has 2 aromatic heterocycles. The number of nitrogens with zero attached hydrogens (tertiary/aromatic N) is 2. The van der Waals surface area contributed by atoms with Gasteiger partial charge in [-0.3, -0.25) is 9.59 Å². The molecule has 25 heavy (non-hydrogen) atoms. The quantitative estimate of drug-likeness (QED) is 0.825. The monoisotopic (exact) mass is 369 g/mol. The van der Waals surface area contributed by atoms with Gasteiger partial charge < -0.3 is 10.2 Å².